The first-order valence-corrected chi connectivity index (χ1v) is 3.16. The van der Waals surface area contributed by atoms with Crippen molar-refractivity contribution in [1.29, 1.82) is 0 Å². The van der Waals surface area contributed by atoms with Gasteiger partial charge in [0.1, 0.15) is 5.75 Å². The standard InChI is InChI=1S/C8H11NO.Zr/c1-9(2)7-3-5-8(10)6-4-7;/h3-6,10H,1-2H3;. The van der Waals surface area contributed by atoms with E-state index in [0.29, 0.717) is 5.75 Å². The van der Waals surface area contributed by atoms with E-state index in [2.05, 4.69) is 0 Å². The maximum Gasteiger partial charge on any atom is 0.115 e. The molecule has 0 bridgehead atoms. The molecular weight excluding hydrogens is 217 g/mol. The molecule has 0 heterocycles. The van der Waals surface area contributed by atoms with Gasteiger partial charge in [-0.3, -0.25) is 0 Å². The Morgan fingerprint density at radius 3 is 1.91 bits per heavy atom. The van der Waals surface area contributed by atoms with Gasteiger partial charge in [-0.25, -0.2) is 0 Å². The summed E-state index contributed by atoms with van der Waals surface area (Å²) < 4.78 is 0. The van der Waals surface area contributed by atoms with Gasteiger partial charge >= 0.3 is 0 Å². The minimum absolute atomic E-state index is 0. The number of anilines is 1. The first kappa shape index (κ1) is 10.7. The summed E-state index contributed by atoms with van der Waals surface area (Å²) in [5.41, 5.74) is 1.10. The molecule has 0 radical (unpaired) electrons. The van der Waals surface area contributed by atoms with Crippen LogP contribution in [0, 0.1) is 0 Å². The summed E-state index contributed by atoms with van der Waals surface area (Å²) in [6, 6.07) is 7.09. The molecule has 1 aromatic rings. The average Bonchev–Trinajstić information content (AvgIpc) is 1.88. The molecule has 0 atom stereocenters. The zero-order valence-electron chi connectivity index (χ0n) is 6.70. The molecule has 2 nitrogen and oxygen atoms in total. The van der Waals surface area contributed by atoms with Crippen molar-refractivity contribution in [2.75, 3.05) is 19.0 Å². The Balaban J connectivity index is 0.000001000. The molecule has 1 rings (SSSR count). The van der Waals surface area contributed by atoms with E-state index < -0.39 is 0 Å². The summed E-state index contributed by atoms with van der Waals surface area (Å²) >= 11 is 0. The summed E-state index contributed by atoms with van der Waals surface area (Å²) in [4.78, 5) is 1.99. The number of rotatable bonds is 1. The third-order valence-electron chi connectivity index (χ3n) is 1.37. The predicted octanol–water partition coefficient (Wildman–Crippen LogP) is 1.46. The van der Waals surface area contributed by atoms with Crippen molar-refractivity contribution in [1.82, 2.24) is 0 Å². The normalized spacial score (nSPS) is 8.55. The van der Waals surface area contributed by atoms with Crippen molar-refractivity contribution in [2.45, 2.75) is 0 Å². The maximum absolute atomic E-state index is 8.92. The summed E-state index contributed by atoms with van der Waals surface area (Å²) in [6.45, 7) is 0. The Kier molecular flexibility index (Phi) is 4.43. The van der Waals surface area contributed by atoms with Crippen LogP contribution < -0.4 is 4.90 Å². The minimum atomic E-state index is 0. The van der Waals surface area contributed by atoms with Crippen molar-refractivity contribution >= 4 is 5.69 Å². The van der Waals surface area contributed by atoms with Gasteiger partial charge in [-0.1, -0.05) is 0 Å². The van der Waals surface area contributed by atoms with Crippen molar-refractivity contribution in [3.8, 4) is 5.75 Å². The fourth-order valence-electron chi connectivity index (χ4n) is 0.751. The van der Waals surface area contributed by atoms with Crippen LogP contribution >= 0.6 is 0 Å². The minimum Gasteiger partial charge on any atom is -0.508 e. The van der Waals surface area contributed by atoms with Crippen molar-refractivity contribution in [3.63, 3.8) is 0 Å². The number of phenolic OH excluding ortho intramolecular Hbond substituents is 1. The second-order valence-electron chi connectivity index (χ2n) is 2.41. The van der Waals surface area contributed by atoms with Gasteiger partial charge in [0.15, 0.2) is 0 Å². The quantitative estimate of drug-likeness (QED) is 0.786. The molecule has 0 fully saturated rings. The summed E-state index contributed by atoms with van der Waals surface area (Å²) in [5, 5.41) is 8.92. The molecule has 0 saturated heterocycles. The molecule has 1 N–H and O–H groups in total. The first-order valence-electron chi connectivity index (χ1n) is 3.16. The van der Waals surface area contributed by atoms with Gasteiger partial charge in [0.25, 0.3) is 0 Å². The van der Waals surface area contributed by atoms with Gasteiger partial charge in [-0.15, -0.1) is 0 Å². The zero-order chi connectivity index (χ0) is 7.56. The topological polar surface area (TPSA) is 23.5 Å². The fraction of sp³-hybridized carbons (Fsp3) is 0.250. The van der Waals surface area contributed by atoms with E-state index in [1.807, 2.05) is 31.1 Å². The molecule has 0 amide bonds. The Labute approximate surface area is 86.0 Å². The number of nitrogens with zero attached hydrogens (tertiary/aromatic N) is 1. The molecule has 1 aromatic carbocycles. The second-order valence-corrected chi connectivity index (χ2v) is 2.41. The summed E-state index contributed by atoms with van der Waals surface area (Å²) in [6.07, 6.45) is 0. The summed E-state index contributed by atoms with van der Waals surface area (Å²) in [7, 11) is 3.93. The number of hydrogen-bond donors (Lipinski definition) is 1. The third kappa shape index (κ3) is 3.07. The monoisotopic (exact) mass is 227 g/mol. The Morgan fingerprint density at radius 1 is 1.09 bits per heavy atom. The SMILES string of the molecule is CN(C)c1ccc(O)cc1.[Zr]. The van der Waals surface area contributed by atoms with Gasteiger partial charge < -0.3 is 10.0 Å². The van der Waals surface area contributed by atoms with E-state index in [1.165, 1.54) is 0 Å². The van der Waals surface area contributed by atoms with Crippen LogP contribution in [0.5, 0.6) is 5.75 Å². The van der Waals surface area contributed by atoms with Crippen molar-refractivity contribution in [2.24, 2.45) is 0 Å². The number of aromatic hydroxyl groups is 1. The Hall–Kier alpha value is -0.297. The van der Waals surface area contributed by atoms with E-state index in [1.54, 1.807) is 12.1 Å². The predicted molar refractivity (Wildman–Crippen MR) is 42.4 cm³/mol. The summed E-state index contributed by atoms with van der Waals surface area (Å²) in [5.74, 6) is 0.311. The largest absolute Gasteiger partial charge is 0.508 e. The van der Waals surface area contributed by atoms with E-state index >= 15 is 0 Å². The molecule has 0 spiro atoms. The van der Waals surface area contributed by atoms with E-state index in [0.717, 1.165) is 5.69 Å². The number of hydrogen-bond acceptors (Lipinski definition) is 2. The first-order chi connectivity index (χ1) is 4.70. The molecule has 0 aliphatic rings. The Morgan fingerprint density at radius 2 is 1.55 bits per heavy atom. The van der Waals surface area contributed by atoms with Crippen molar-refractivity contribution < 1.29 is 31.3 Å². The van der Waals surface area contributed by atoms with Crippen LogP contribution in [0.4, 0.5) is 5.69 Å². The van der Waals surface area contributed by atoms with Gasteiger partial charge in [-0.05, 0) is 24.3 Å². The fourth-order valence-corrected chi connectivity index (χ4v) is 0.751. The van der Waals surface area contributed by atoms with E-state index in [-0.39, 0.29) is 26.2 Å². The van der Waals surface area contributed by atoms with Gasteiger partial charge in [-0.2, -0.15) is 0 Å². The molecule has 11 heavy (non-hydrogen) atoms. The van der Waals surface area contributed by atoms with Crippen LogP contribution in [0.1, 0.15) is 0 Å². The van der Waals surface area contributed by atoms with E-state index in [4.69, 9.17) is 5.11 Å². The molecule has 0 unspecified atom stereocenters. The molecule has 58 valence electrons. The molecule has 0 aliphatic carbocycles. The average molecular weight is 228 g/mol. The second kappa shape index (κ2) is 4.55. The molecular formula is C8H11NOZr. The van der Waals surface area contributed by atoms with Crippen LogP contribution in [-0.4, -0.2) is 19.2 Å². The maximum atomic E-state index is 8.92. The zero-order valence-corrected chi connectivity index (χ0v) is 9.16. The molecule has 3 heteroatoms. The number of phenols is 1. The van der Waals surface area contributed by atoms with Crippen LogP contribution in [0.3, 0.4) is 0 Å². The third-order valence-corrected chi connectivity index (χ3v) is 1.37. The van der Waals surface area contributed by atoms with Crippen LogP contribution in [0.15, 0.2) is 24.3 Å². The van der Waals surface area contributed by atoms with E-state index in [9.17, 15) is 0 Å². The van der Waals surface area contributed by atoms with Gasteiger partial charge in [0.2, 0.25) is 0 Å². The molecule has 0 aliphatic heterocycles. The Bertz CT molecular complexity index is 208. The van der Waals surface area contributed by atoms with Crippen LogP contribution in [0.2, 0.25) is 0 Å². The van der Waals surface area contributed by atoms with Crippen molar-refractivity contribution in [3.05, 3.63) is 24.3 Å². The number of benzene rings is 1. The van der Waals surface area contributed by atoms with Crippen LogP contribution in [0.25, 0.3) is 0 Å². The van der Waals surface area contributed by atoms with Crippen LogP contribution in [-0.2, 0) is 26.2 Å². The van der Waals surface area contributed by atoms with Gasteiger partial charge in [0.05, 0.1) is 0 Å². The molecule has 0 saturated carbocycles. The smallest absolute Gasteiger partial charge is 0.115 e. The molecule has 0 aromatic heterocycles. The van der Waals surface area contributed by atoms with Gasteiger partial charge in [0, 0.05) is 46.0 Å².